The molecule has 0 atom stereocenters. The number of H-pyrrole nitrogens is 1. The van der Waals surface area contributed by atoms with Crippen LogP contribution < -0.4 is 26.6 Å². The summed E-state index contributed by atoms with van der Waals surface area (Å²) in [6, 6.07) is 22.2. The maximum Gasteiger partial charge on any atom is 0.291 e. The van der Waals surface area contributed by atoms with Gasteiger partial charge in [0.2, 0.25) is 5.91 Å². The molecule has 10 nitrogen and oxygen atoms in total. The summed E-state index contributed by atoms with van der Waals surface area (Å²) in [4.78, 5) is 47.3. The molecule has 2 heterocycles. The number of allylic oxidation sites excluding steroid dienone is 1. The molecule has 1 aliphatic heterocycles. The molecule has 0 fully saturated rings. The Hall–Kier alpha value is -5.48. The fourth-order valence-corrected chi connectivity index (χ4v) is 5.05. The van der Waals surface area contributed by atoms with Gasteiger partial charge in [0.1, 0.15) is 0 Å². The number of rotatable bonds is 7. The molecule has 0 saturated carbocycles. The summed E-state index contributed by atoms with van der Waals surface area (Å²) in [6.07, 6.45) is 5.68. The maximum absolute atomic E-state index is 13.4. The fraction of sp³-hybridized carbons (Fsp3) is 0.125. The number of hydrogen-bond donors (Lipinski definition) is 5. The molecule has 1 aromatic heterocycles. The van der Waals surface area contributed by atoms with E-state index in [1.54, 1.807) is 19.2 Å². The third-order valence-corrected chi connectivity index (χ3v) is 7.27. The van der Waals surface area contributed by atoms with Crippen molar-refractivity contribution in [3.63, 3.8) is 0 Å². The lowest BCUT2D eigenvalue weighted by molar-refractivity contribution is -0.117. The van der Waals surface area contributed by atoms with Crippen LogP contribution in [-0.4, -0.2) is 41.3 Å². The van der Waals surface area contributed by atoms with Crippen LogP contribution in [0.25, 0.3) is 17.3 Å². The predicted octanol–water partition coefficient (Wildman–Crippen LogP) is 4.48. The molecule has 1 aliphatic carbocycles. The molecular weight excluding hydrogens is 530 g/mol. The number of aryl methyl sites for hydroxylation is 1. The number of amides is 3. The number of aromatic amines is 1. The Balaban J connectivity index is 1.30. The number of carbonyl (C=O) groups excluding carboxylic acids is 3. The number of benzene rings is 3. The van der Waals surface area contributed by atoms with Gasteiger partial charge in [0.15, 0.2) is 5.82 Å². The monoisotopic (exact) mass is 559 g/mol. The molecule has 3 amide bonds. The average molecular weight is 560 g/mol. The smallest absolute Gasteiger partial charge is 0.291 e. The summed E-state index contributed by atoms with van der Waals surface area (Å²) >= 11 is 0. The van der Waals surface area contributed by atoms with Crippen molar-refractivity contribution in [1.82, 2.24) is 9.97 Å². The van der Waals surface area contributed by atoms with Gasteiger partial charge in [0, 0.05) is 29.7 Å². The van der Waals surface area contributed by atoms with Crippen LogP contribution in [0.1, 0.15) is 39.6 Å². The molecule has 2 aliphatic rings. The zero-order valence-corrected chi connectivity index (χ0v) is 22.9. The molecule has 6 rings (SSSR count). The number of aromatic nitrogens is 2. The second kappa shape index (κ2) is 11.2. The molecular formula is C32H29N7O3. The van der Waals surface area contributed by atoms with Crippen molar-refractivity contribution >= 4 is 57.8 Å². The van der Waals surface area contributed by atoms with Crippen molar-refractivity contribution in [2.75, 3.05) is 34.4 Å². The zero-order chi connectivity index (χ0) is 29.2. The van der Waals surface area contributed by atoms with Crippen molar-refractivity contribution in [2.24, 2.45) is 5.73 Å². The highest BCUT2D eigenvalue weighted by atomic mass is 16.2. The molecule has 6 N–H and O–H groups in total. The van der Waals surface area contributed by atoms with Crippen LogP contribution in [0.4, 0.5) is 22.7 Å². The van der Waals surface area contributed by atoms with Crippen molar-refractivity contribution < 1.29 is 14.4 Å². The van der Waals surface area contributed by atoms with Gasteiger partial charge in [-0.05, 0) is 66.9 Å². The Labute approximate surface area is 242 Å². The molecule has 3 aromatic carbocycles. The van der Waals surface area contributed by atoms with Crippen LogP contribution in [0, 0.1) is 0 Å². The summed E-state index contributed by atoms with van der Waals surface area (Å²) in [5, 5.41) is 9.23. The Morgan fingerprint density at radius 1 is 1.00 bits per heavy atom. The minimum Gasteiger partial charge on any atom is -0.354 e. The fourth-order valence-electron chi connectivity index (χ4n) is 5.05. The van der Waals surface area contributed by atoms with Gasteiger partial charge >= 0.3 is 0 Å². The second-order valence-corrected chi connectivity index (χ2v) is 10.0. The molecule has 0 saturated heterocycles. The Morgan fingerprint density at radius 3 is 2.50 bits per heavy atom. The lowest BCUT2D eigenvalue weighted by Gasteiger charge is -2.18. The van der Waals surface area contributed by atoms with Crippen molar-refractivity contribution in [2.45, 2.75) is 12.8 Å². The Bertz CT molecular complexity index is 1750. The van der Waals surface area contributed by atoms with Gasteiger partial charge < -0.3 is 31.6 Å². The summed E-state index contributed by atoms with van der Waals surface area (Å²) in [5.74, 6) is -0.572. The highest BCUT2D eigenvalue weighted by Crippen LogP contribution is 2.39. The van der Waals surface area contributed by atoms with E-state index in [4.69, 9.17) is 5.73 Å². The van der Waals surface area contributed by atoms with E-state index in [0.717, 1.165) is 35.5 Å². The van der Waals surface area contributed by atoms with Gasteiger partial charge in [-0.2, -0.15) is 0 Å². The molecule has 0 bridgehead atoms. The summed E-state index contributed by atoms with van der Waals surface area (Å²) < 4.78 is 0. The van der Waals surface area contributed by atoms with Crippen molar-refractivity contribution in [3.05, 3.63) is 107 Å². The predicted molar refractivity (Wildman–Crippen MR) is 165 cm³/mol. The molecule has 42 heavy (non-hydrogen) atoms. The third-order valence-electron chi connectivity index (χ3n) is 7.27. The van der Waals surface area contributed by atoms with E-state index in [1.165, 1.54) is 4.90 Å². The van der Waals surface area contributed by atoms with E-state index in [-0.39, 0.29) is 30.1 Å². The number of imidazole rings is 1. The van der Waals surface area contributed by atoms with Crippen LogP contribution >= 0.6 is 0 Å². The lowest BCUT2D eigenvalue weighted by Crippen LogP contribution is -2.32. The number of fused-ring (bicyclic) bond motifs is 2. The maximum atomic E-state index is 13.4. The van der Waals surface area contributed by atoms with Gasteiger partial charge in [0.25, 0.3) is 11.8 Å². The Morgan fingerprint density at radius 2 is 1.76 bits per heavy atom. The topological polar surface area (TPSA) is 145 Å². The first-order chi connectivity index (χ1) is 20.4. The first kappa shape index (κ1) is 26.7. The number of nitrogens with zero attached hydrogens (tertiary/aromatic N) is 2. The molecule has 0 unspecified atom stereocenters. The number of hydrogen-bond acceptors (Lipinski definition) is 6. The van der Waals surface area contributed by atoms with Crippen LogP contribution in [0.3, 0.4) is 0 Å². The first-order valence-corrected chi connectivity index (χ1v) is 13.6. The zero-order valence-electron chi connectivity index (χ0n) is 22.9. The largest absolute Gasteiger partial charge is 0.354 e. The summed E-state index contributed by atoms with van der Waals surface area (Å²) in [6.45, 7) is -0.0804. The first-order valence-electron chi connectivity index (χ1n) is 13.6. The van der Waals surface area contributed by atoms with Crippen LogP contribution in [0.15, 0.2) is 78.9 Å². The van der Waals surface area contributed by atoms with Gasteiger partial charge in [-0.25, -0.2) is 4.98 Å². The number of likely N-dealkylation sites (N-methyl/N-ethyl adjacent to an activating group) is 1. The van der Waals surface area contributed by atoms with E-state index in [2.05, 4.69) is 25.9 Å². The number of nitrogens with one attached hydrogen (secondary N) is 4. The van der Waals surface area contributed by atoms with Gasteiger partial charge in [-0.1, -0.05) is 36.4 Å². The van der Waals surface area contributed by atoms with Gasteiger partial charge in [0.05, 0.1) is 34.9 Å². The van der Waals surface area contributed by atoms with Crippen molar-refractivity contribution in [1.29, 1.82) is 0 Å². The third kappa shape index (κ3) is 5.18. The summed E-state index contributed by atoms with van der Waals surface area (Å²) in [7, 11) is 1.67. The second-order valence-electron chi connectivity index (χ2n) is 10.0. The highest BCUT2D eigenvalue weighted by molar-refractivity contribution is 6.37. The van der Waals surface area contributed by atoms with E-state index < -0.39 is 0 Å². The Kier molecular flexibility index (Phi) is 7.12. The normalized spacial score (nSPS) is 14.5. The minimum atomic E-state index is -0.355. The number of anilines is 4. The van der Waals surface area contributed by atoms with Crippen LogP contribution in [0.2, 0.25) is 0 Å². The molecule has 0 spiro atoms. The van der Waals surface area contributed by atoms with E-state index in [9.17, 15) is 14.4 Å². The standard InChI is InChI=1S/C32H29N7O3/c1-39(27(40)18-33)22-14-11-20(12-15-22)34-29(19-7-3-2-4-8-19)28-23-16-13-21(17-26(23)38-31(28)41)35-32(42)30-36-24-9-5-6-10-25(24)37-30/h2-5,7-9,11-17,34H,6,10,18,33H2,1H3,(H,35,42)(H,36,37)(H,38,41)/b29-28-. The highest BCUT2D eigenvalue weighted by Gasteiger charge is 2.29. The molecule has 0 radical (unpaired) electrons. The molecule has 210 valence electrons. The molecule has 4 aromatic rings. The van der Waals surface area contributed by atoms with E-state index >= 15 is 0 Å². The average Bonchev–Trinajstić information content (AvgIpc) is 3.60. The minimum absolute atomic E-state index is 0.0804. The van der Waals surface area contributed by atoms with Gasteiger partial charge in [-0.3, -0.25) is 14.4 Å². The van der Waals surface area contributed by atoms with Crippen LogP contribution in [-0.2, 0) is 16.0 Å². The van der Waals surface area contributed by atoms with Crippen LogP contribution in [0.5, 0.6) is 0 Å². The summed E-state index contributed by atoms with van der Waals surface area (Å²) in [5.41, 5.74) is 12.4. The van der Waals surface area contributed by atoms with E-state index in [1.807, 2.05) is 72.8 Å². The number of carbonyl (C=O) groups is 3. The van der Waals surface area contributed by atoms with Crippen molar-refractivity contribution in [3.8, 4) is 0 Å². The molecule has 10 heteroatoms. The quantitative estimate of drug-likeness (QED) is 0.211. The van der Waals surface area contributed by atoms with Gasteiger partial charge in [-0.15, -0.1) is 0 Å². The number of nitrogens with two attached hydrogens (primary N) is 1. The lowest BCUT2D eigenvalue weighted by atomic mass is 9.99. The van der Waals surface area contributed by atoms with E-state index in [0.29, 0.717) is 33.9 Å². The SMILES string of the molecule is CN(C(=O)CN)c1ccc(N/C(=C2\C(=O)Nc3cc(NC(=O)c4nc5c([nH]4)C=CCC5)ccc32)c2ccccc2)cc1.